The average molecular weight is 580 g/mol. The van der Waals surface area contributed by atoms with Crippen LogP contribution in [-0.4, -0.2) is 82.0 Å². The molecule has 3 aromatic heterocycles. The Bertz CT molecular complexity index is 1520. The molecule has 1 saturated carbocycles. The van der Waals surface area contributed by atoms with Gasteiger partial charge in [-0.25, -0.2) is 28.1 Å². The molecule has 1 atom stereocenters. The fraction of sp³-hybridized carbons (Fsp3) is 0.607. The van der Waals surface area contributed by atoms with Crippen molar-refractivity contribution < 1.29 is 13.2 Å². The van der Waals surface area contributed by atoms with Gasteiger partial charge >= 0.3 is 0 Å². The van der Waals surface area contributed by atoms with Gasteiger partial charge in [0.25, 0.3) is 0 Å². The molecule has 4 aliphatic heterocycles. The Morgan fingerprint density at radius 1 is 0.976 bits per heavy atom. The average Bonchev–Trinajstić information content (AvgIpc) is 3.74. The first-order valence-corrected chi connectivity index (χ1v) is 16.3. The lowest BCUT2D eigenvalue weighted by Gasteiger charge is -2.40. The van der Waals surface area contributed by atoms with Crippen LogP contribution in [0.2, 0.25) is 0 Å². The second kappa shape index (κ2) is 10.5. The summed E-state index contributed by atoms with van der Waals surface area (Å²) in [5, 5.41) is 8.57. The van der Waals surface area contributed by atoms with Crippen molar-refractivity contribution in [3.8, 4) is 17.1 Å². The van der Waals surface area contributed by atoms with E-state index in [9.17, 15) is 8.42 Å². The first-order chi connectivity index (χ1) is 19.9. The van der Waals surface area contributed by atoms with Crippen LogP contribution in [0.1, 0.15) is 58.3 Å². The Morgan fingerprint density at radius 2 is 1.80 bits per heavy atom. The molecule has 3 aromatic rings. The molecule has 0 radical (unpaired) electrons. The Labute approximate surface area is 240 Å². The van der Waals surface area contributed by atoms with Gasteiger partial charge in [0.2, 0.25) is 16.0 Å². The van der Waals surface area contributed by atoms with E-state index in [-0.39, 0.29) is 10.9 Å². The lowest BCUT2D eigenvalue weighted by atomic mass is 9.92. The van der Waals surface area contributed by atoms with Crippen LogP contribution in [0.5, 0.6) is 0 Å². The van der Waals surface area contributed by atoms with Crippen molar-refractivity contribution in [3.63, 3.8) is 0 Å². The topological polar surface area (TPSA) is 131 Å². The van der Waals surface area contributed by atoms with Crippen LogP contribution in [0.25, 0.3) is 17.1 Å². The summed E-state index contributed by atoms with van der Waals surface area (Å²) < 4.78 is 36.2. The van der Waals surface area contributed by atoms with Gasteiger partial charge < -0.3 is 14.5 Å². The summed E-state index contributed by atoms with van der Waals surface area (Å²) in [5.74, 6) is 2.31. The maximum atomic E-state index is 12.7. The third-order valence-electron chi connectivity index (χ3n) is 8.84. The van der Waals surface area contributed by atoms with Crippen molar-refractivity contribution in [1.29, 1.82) is 0 Å². The van der Waals surface area contributed by atoms with E-state index >= 15 is 0 Å². The molecule has 0 amide bonds. The molecule has 3 fully saturated rings. The molecule has 8 rings (SSSR count). The van der Waals surface area contributed by atoms with E-state index in [2.05, 4.69) is 36.7 Å². The maximum absolute atomic E-state index is 12.7. The highest BCUT2D eigenvalue weighted by Gasteiger charge is 2.37. The molecule has 12 nitrogen and oxygen atoms in total. The van der Waals surface area contributed by atoms with Gasteiger partial charge in [0.05, 0.1) is 22.7 Å². The molecule has 1 N–H and O–H groups in total. The van der Waals surface area contributed by atoms with Crippen LogP contribution in [-0.2, 0) is 14.8 Å². The van der Waals surface area contributed by atoms with Crippen LogP contribution < -0.4 is 14.5 Å². The largest absolute Gasteiger partial charge is 0.375 e. The van der Waals surface area contributed by atoms with E-state index in [0.29, 0.717) is 41.8 Å². The van der Waals surface area contributed by atoms with E-state index < -0.39 is 10.0 Å². The van der Waals surface area contributed by atoms with Gasteiger partial charge in [-0.3, -0.25) is 4.72 Å². The summed E-state index contributed by atoms with van der Waals surface area (Å²) in [4.78, 5) is 18.8. The molecule has 1 aliphatic carbocycles. The van der Waals surface area contributed by atoms with E-state index in [1.54, 1.807) is 16.9 Å². The number of anilines is 3. The van der Waals surface area contributed by atoms with Crippen LogP contribution in [0.15, 0.2) is 30.6 Å². The molecular formula is C28H37N9O3S. The molecule has 0 aromatic carbocycles. The molecule has 41 heavy (non-hydrogen) atoms. The fourth-order valence-corrected chi connectivity index (χ4v) is 7.50. The van der Waals surface area contributed by atoms with Gasteiger partial charge in [-0.15, -0.1) is 5.10 Å². The standard InChI is InChI=1S/C28H37N9O3S/c1-28-11-15-35(16-12-28)26-24(8-9-25(31-26)33-41(38,39)21-6-7-21)37-19-23(32-34-37)22-10-13-29-27(30-22)36-14-2-4-20(18-36)5-3-17-40-28/h8-10,13,19-21H,2-7,11-12,14-18H2,1H3,(H,31,33). The zero-order valence-corrected chi connectivity index (χ0v) is 24.3. The zero-order valence-electron chi connectivity index (χ0n) is 23.4. The second-order valence-electron chi connectivity index (χ2n) is 12.1. The van der Waals surface area contributed by atoms with E-state index in [1.807, 2.05) is 18.3 Å². The van der Waals surface area contributed by atoms with Gasteiger partial charge in [0.1, 0.15) is 17.2 Å². The minimum Gasteiger partial charge on any atom is -0.375 e. The highest BCUT2D eigenvalue weighted by molar-refractivity contribution is 7.93. The van der Waals surface area contributed by atoms with Crippen molar-refractivity contribution >= 4 is 27.6 Å². The predicted molar refractivity (Wildman–Crippen MR) is 156 cm³/mol. The number of nitrogens with zero attached hydrogens (tertiary/aromatic N) is 8. The number of pyridine rings is 1. The van der Waals surface area contributed by atoms with Crippen LogP contribution >= 0.6 is 0 Å². The number of nitrogens with one attached hydrogen (secondary N) is 1. The Kier molecular flexibility index (Phi) is 6.81. The Hall–Kier alpha value is -3.32. The first-order valence-electron chi connectivity index (χ1n) is 14.8. The Balaban J connectivity index is 1.26. The summed E-state index contributed by atoms with van der Waals surface area (Å²) in [5.41, 5.74) is 1.89. The molecule has 8 bridgehead atoms. The van der Waals surface area contributed by atoms with E-state index in [1.165, 1.54) is 6.42 Å². The third-order valence-corrected chi connectivity index (χ3v) is 10.7. The summed E-state index contributed by atoms with van der Waals surface area (Å²) >= 11 is 0. The van der Waals surface area contributed by atoms with E-state index in [0.717, 1.165) is 76.5 Å². The normalized spacial score (nSPS) is 25.1. The van der Waals surface area contributed by atoms with Crippen LogP contribution in [0.4, 0.5) is 17.6 Å². The van der Waals surface area contributed by atoms with Crippen molar-refractivity contribution in [3.05, 3.63) is 30.6 Å². The fourth-order valence-electron chi connectivity index (χ4n) is 6.17. The molecule has 1 unspecified atom stereocenters. The minimum atomic E-state index is -3.44. The number of aromatic nitrogens is 6. The summed E-state index contributed by atoms with van der Waals surface area (Å²) in [6.07, 6.45) is 11.2. The number of hydrogen-bond donors (Lipinski definition) is 1. The van der Waals surface area contributed by atoms with Crippen LogP contribution in [0.3, 0.4) is 0 Å². The molecule has 7 heterocycles. The van der Waals surface area contributed by atoms with Gasteiger partial charge in [-0.1, -0.05) is 5.21 Å². The zero-order chi connectivity index (χ0) is 28.0. The minimum absolute atomic E-state index is 0.198. The summed E-state index contributed by atoms with van der Waals surface area (Å²) in [6, 6.07) is 5.42. The highest BCUT2D eigenvalue weighted by Crippen LogP contribution is 2.35. The predicted octanol–water partition coefficient (Wildman–Crippen LogP) is 3.41. The number of piperidine rings is 2. The molecule has 218 valence electrons. The molecular weight excluding hydrogens is 542 g/mol. The van der Waals surface area contributed by atoms with Crippen molar-refractivity contribution in [1.82, 2.24) is 29.9 Å². The number of ether oxygens (including phenoxy) is 1. The van der Waals surface area contributed by atoms with Gasteiger partial charge in [0, 0.05) is 39.0 Å². The molecule has 5 aliphatic rings. The van der Waals surface area contributed by atoms with Crippen molar-refractivity contribution in [2.24, 2.45) is 5.92 Å². The second-order valence-corrected chi connectivity index (χ2v) is 14.0. The smallest absolute Gasteiger partial charge is 0.236 e. The Morgan fingerprint density at radius 3 is 2.63 bits per heavy atom. The van der Waals surface area contributed by atoms with Gasteiger partial charge in [-0.2, -0.15) is 0 Å². The summed E-state index contributed by atoms with van der Waals surface area (Å²) in [6.45, 7) is 6.34. The van der Waals surface area contributed by atoms with Crippen molar-refractivity contribution in [2.45, 2.75) is 69.1 Å². The van der Waals surface area contributed by atoms with Gasteiger partial charge in [0.15, 0.2) is 5.82 Å². The number of hydrogen-bond acceptors (Lipinski definition) is 10. The molecule has 13 heteroatoms. The van der Waals surface area contributed by atoms with E-state index in [4.69, 9.17) is 14.7 Å². The molecule has 0 spiro atoms. The first kappa shape index (κ1) is 26.6. The monoisotopic (exact) mass is 579 g/mol. The number of rotatable bonds is 3. The highest BCUT2D eigenvalue weighted by atomic mass is 32.2. The lowest BCUT2D eigenvalue weighted by Crippen LogP contribution is -2.45. The quantitative estimate of drug-likeness (QED) is 0.492. The third kappa shape index (κ3) is 5.61. The maximum Gasteiger partial charge on any atom is 0.236 e. The van der Waals surface area contributed by atoms with Crippen LogP contribution in [0, 0.1) is 5.92 Å². The number of fused-ring (bicyclic) bond motifs is 5. The van der Waals surface area contributed by atoms with Gasteiger partial charge in [-0.05, 0) is 82.4 Å². The number of sulfonamides is 1. The lowest BCUT2D eigenvalue weighted by molar-refractivity contribution is -0.0501. The van der Waals surface area contributed by atoms with Crippen molar-refractivity contribution in [2.75, 3.05) is 47.3 Å². The SMILES string of the molecule is CC12CCN(CC1)c1nc(NS(=O)(=O)C3CC3)ccc1-n1cc(nn1)-c1ccnc(n1)N1CCCC(CCCO2)C1. The molecule has 2 saturated heterocycles. The summed E-state index contributed by atoms with van der Waals surface area (Å²) in [7, 11) is -3.44.